The maximum absolute atomic E-state index is 12.2. The third-order valence-corrected chi connectivity index (χ3v) is 3.65. The number of nitro groups is 1. The van der Waals surface area contributed by atoms with Crippen molar-refractivity contribution < 1.29 is 9.72 Å². The molecule has 6 heteroatoms. The number of benzene rings is 1. The van der Waals surface area contributed by atoms with E-state index in [9.17, 15) is 14.9 Å². The molecule has 2 rings (SSSR count). The quantitative estimate of drug-likeness (QED) is 0.620. The summed E-state index contributed by atoms with van der Waals surface area (Å²) < 4.78 is 0. The van der Waals surface area contributed by atoms with Crippen molar-refractivity contribution in [1.82, 2.24) is 5.32 Å². The van der Waals surface area contributed by atoms with E-state index in [1.165, 1.54) is 18.2 Å². The molecule has 1 fully saturated rings. The Hall–Kier alpha value is -1.95. The van der Waals surface area contributed by atoms with E-state index in [1.54, 1.807) is 6.07 Å². The fourth-order valence-corrected chi connectivity index (χ4v) is 2.19. The Balaban J connectivity index is 2.22. The molecule has 0 spiro atoms. The third kappa shape index (κ3) is 2.73. The van der Waals surface area contributed by atoms with Crippen molar-refractivity contribution in [3.63, 3.8) is 0 Å². The number of hydrogen-bond acceptors (Lipinski definition) is 4. The molecule has 1 unspecified atom stereocenters. The van der Waals surface area contributed by atoms with Crippen molar-refractivity contribution in [1.29, 1.82) is 0 Å². The van der Waals surface area contributed by atoms with Crippen molar-refractivity contribution in [2.45, 2.75) is 25.3 Å². The first-order valence-electron chi connectivity index (χ1n) is 6.24. The number of amides is 1. The highest BCUT2D eigenvalue weighted by atomic mass is 16.6. The molecule has 0 aromatic heterocycles. The lowest BCUT2D eigenvalue weighted by Gasteiger charge is -2.29. The molecule has 19 heavy (non-hydrogen) atoms. The molecule has 3 N–H and O–H groups in total. The molecular weight excluding hydrogens is 246 g/mol. The summed E-state index contributed by atoms with van der Waals surface area (Å²) >= 11 is 0. The number of hydrogen-bond donors (Lipinski definition) is 2. The summed E-state index contributed by atoms with van der Waals surface area (Å²) in [6.07, 6.45) is 2.07. The minimum Gasteiger partial charge on any atom is -0.345 e. The van der Waals surface area contributed by atoms with Gasteiger partial charge in [-0.15, -0.1) is 0 Å². The van der Waals surface area contributed by atoms with Crippen LogP contribution in [0.4, 0.5) is 5.69 Å². The van der Waals surface area contributed by atoms with Gasteiger partial charge >= 0.3 is 0 Å². The summed E-state index contributed by atoms with van der Waals surface area (Å²) in [7, 11) is 0. The second kappa shape index (κ2) is 4.97. The van der Waals surface area contributed by atoms with Crippen LogP contribution in [0.5, 0.6) is 0 Å². The van der Waals surface area contributed by atoms with Crippen LogP contribution in [0.2, 0.25) is 0 Å². The van der Waals surface area contributed by atoms with Gasteiger partial charge in [0.15, 0.2) is 0 Å². The smallest absolute Gasteiger partial charge is 0.282 e. The predicted octanol–water partition coefficient (Wildman–Crippen LogP) is 1.45. The number of nitrogens with one attached hydrogen (secondary N) is 1. The van der Waals surface area contributed by atoms with Crippen LogP contribution in [0.1, 0.15) is 30.1 Å². The first-order valence-corrected chi connectivity index (χ1v) is 6.24. The van der Waals surface area contributed by atoms with E-state index in [2.05, 4.69) is 5.32 Å². The second-order valence-corrected chi connectivity index (χ2v) is 5.12. The summed E-state index contributed by atoms with van der Waals surface area (Å²) in [5, 5.41) is 13.8. The standard InChI is InChI=1S/C13H17N3O3/c1-13(8-14,9-6-7-9)15-12(17)10-4-2-3-5-11(10)16(18)19/h2-5,9H,6-8,14H2,1H3,(H,15,17). The average molecular weight is 263 g/mol. The minimum absolute atomic E-state index is 0.0767. The molecule has 0 heterocycles. The van der Waals surface area contributed by atoms with E-state index < -0.39 is 16.4 Å². The number of carbonyl (C=O) groups is 1. The summed E-state index contributed by atoms with van der Waals surface area (Å²) in [6.45, 7) is 2.21. The normalized spacial score (nSPS) is 17.6. The number of nitrogens with two attached hydrogens (primary N) is 1. The molecule has 102 valence electrons. The molecular formula is C13H17N3O3. The van der Waals surface area contributed by atoms with E-state index >= 15 is 0 Å². The number of para-hydroxylation sites is 1. The van der Waals surface area contributed by atoms with Crippen LogP contribution in [-0.2, 0) is 0 Å². The SMILES string of the molecule is CC(CN)(NC(=O)c1ccccc1[N+](=O)[O-])C1CC1. The fourth-order valence-electron chi connectivity index (χ4n) is 2.19. The Bertz CT molecular complexity index is 514. The zero-order chi connectivity index (χ0) is 14.0. The second-order valence-electron chi connectivity index (χ2n) is 5.12. The molecule has 0 radical (unpaired) electrons. The van der Waals surface area contributed by atoms with Crippen LogP contribution in [0.15, 0.2) is 24.3 Å². The monoisotopic (exact) mass is 263 g/mol. The zero-order valence-corrected chi connectivity index (χ0v) is 10.8. The Morgan fingerprint density at radius 1 is 1.53 bits per heavy atom. The number of nitro benzene ring substituents is 1. The van der Waals surface area contributed by atoms with E-state index in [0.29, 0.717) is 12.5 Å². The lowest BCUT2D eigenvalue weighted by Crippen LogP contribution is -2.53. The zero-order valence-electron chi connectivity index (χ0n) is 10.8. The van der Waals surface area contributed by atoms with Gasteiger partial charge in [-0.1, -0.05) is 12.1 Å². The summed E-state index contributed by atoms with van der Waals surface area (Å²) in [6, 6.07) is 5.93. The van der Waals surface area contributed by atoms with E-state index in [-0.39, 0.29) is 11.3 Å². The highest BCUT2D eigenvalue weighted by molar-refractivity contribution is 5.98. The lowest BCUT2D eigenvalue weighted by atomic mass is 9.95. The Morgan fingerprint density at radius 3 is 2.68 bits per heavy atom. The van der Waals surface area contributed by atoms with E-state index in [4.69, 9.17) is 5.73 Å². The van der Waals surface area contributed by atoms with Gasteiger partial charge in [-0.2, -0.15) is 0 Å². The van der Waals surface area contributed by atoms with Crippen molar-refractivity contribution >= 4 is 11.6 Å². The Morgan fingerprint density at radius 2 is 2.16 bits per heavy atom. The lowest BCUT2D eigenvalue weighted by molar-refractivity contribution is -0.385. The molecule has 0 aliphatic heterocycles. The van der Waals surface area contributed by atoms with Crippen LogP contribution in [0, 0.1) is 16.0 Å². The van der Waals surface area contributed by atoms with Gasteiger partial charge < -0.3 is 11.1 Å². The molecule has 1 aromatic rings. The highest BCUT2D eigenvalue weighted by Crippen LogP contribution is 2.39. The minimum atomic E-state index is -0.550. The van der Waals surface area contributed by atoms with Crippen molar-refractivity contribution in [3.8, 4) is 0 Å². The number of rotatable bonds is 5. The summed E-state index contributed by atoms with van der Waals surface area (Å²) in [5.74, 6) is -0.0728. The summed E-state index contributed by atoms with van der Waals surface area (Å²) in [5.41, 5.74) is 5.13. The maximum Gasteiger partial charge on any atom is 0.282 e. The molecule has 1 aliphatic rings. The van der Waals surface area contributed by atoms with Crippen molar-refractivity contribution in [2.24, 2.45) is 11.7 Å². The predicted molar refractivity (Wildman–Crippen MR) is 70.7 cm³/mol. The molecule has 1 amide bonds. The topological polar surface area (TPSA) is 98.3 Å². The number of carbonyl (C=O) groups excluding carboxylic acids is 1. The maximum atomic E-state index is 12.2. The number of nitrogens with zero attached hydrogens (tertiary/aromatic N) is 1. The van der Waals surface area contributed by atoms with Gasteiger partial charge in [0.25, 0.3) is 11.6 Å². The van der Waals surface area contributed by atoms with Crippen molar-refractivity contribution in [2.75, 3.05) is 6.54 Å². The molecule has 1 aromatic carbocycles. The van der Waals surface area contributed by atoms with Crippen LogP contribution >= 0.6 is 0 Å². The summed E-state index contributed by atoms with van der Waals surface area (Å²) in [4.78, 5) is 22.6. The molecule has 0 saturated heterocycles. The van der Waals surface area contributed by atoms with Crippen molar-refractivity contribution in [3.05, 3.63) is 39.9 Å². The first-order chi connectivity index (χ1) is 8.98. The molecule has 1 aliphatic carbocycles. The van der Waals surface area contributed by atoms with Crippen LogP contribution in [-0.4, -0.2) is 22.9 Å². The fraction of sp³-hybridized carbons (Fsp3) is 0.462. The Kier molecular flexibility index (Phi) is 3.53. The Labute approximate surface area is 111 Å². The molecule has 1 saturated carbocycles. The molecule has 6 nitrogen and oxygen atoms in total. The van der Waals surface area contributed by atoms with Gasteiger partial charge in [-0.3, -0.25) is 14.9 Å². The van der Waals surface area contributed by atoms with E-state index in [1.807, 2.05) is 6.92 Å². The third-order valence-electron chi connectivity index (χ3n) is 3.65. The van der Waals surface area contributed by atoms with Gasteiger partial charge in [-0.25, -0.2) is 0 Å². The van der Waals surface area contributed by atoms with Gasteiger partial charge in [0.05, 0.1) is 10.5 Å². The van der Waals surface area contributed by atoms with E-state index in [0.717, 1.165) is 12.8 Å². The molecule has 1 atom stereocenters. The average Bonchev–Trinajstić information content (AvgIpc) is 3.23. The van der Waals surface area contributed by atoms with Gasteiger partial charge in [-0.05, 0) is 31.7 Å². The van der Waals surface area contributed by atoms with Gasteiger partial charge in [0, 0.05) is 12.6 Å². The molecule has 0 bridgehead atoms. The van der Waals surface area contributed by atoms with Crippen LogP contribution < -0.4 is 11.1 Å². The van der Waals surface area contributed by atoms with Gasteiger partial charge in [0.2, 0.25) is 0 Å². The largest absolute Gasteiger partial charge is 0.345 e. The first kappa shape index (κ1) is 13.5. The van der Waals surface area contributed by atoms with Crippen LogP contribution in [0.25, 0.3) is 0 Å². The highest BCUT2D eigenvalue weighted by Gasteiger charge is 2.42. The van der Waals surface area contributed by atoms with Crippen LogP contribution in [0.3, 0.4) is 0 Å². The van der Waals surface area contributed by atoms with Gasteiger partial charge in [0.1, 0.15) is 5.56 Å².